The molecule has 2 amide bonds. The van der Waals surface area contributed by atoms with Crippen molar-refractivity contribution in [1.82, 2.24) is 9.88 Å². The molecule has 0 spiro atoms. The third-order valence-electron chi connectivity index (χ3n) is 5.45. The van der Waals surface area contributed by atoms with Gasteiger partial charge < -0.3 is 11.1 Å². The fourth-order valence-electron chi connectivity index (χ4n) is 3.89. The van der Waals surface area contributed by atoms with Crippen molar-refractivity contribution >= 4 is 17.5 Å². The molecule has 0 radical (unpaired) electrons. The first-order valence-electron chi connectivity index (χ1n) is 10.2. The minimum atomic E-state index is -0.466. The summed E-state index contributed by atoms with van der Waals surface area (Å²) in [5.74, 6) is -0.946. The monoisotopic (exact) mass is 418 g/mol. The average molecular weight is 418 g/mol. The number of primary amides is 1. The molecule has 31 heavy (non-hydrogen) atoms. The maximum atomic E-state index is 13.0. The molecule has 0 saturated carbocycles. The summed E-state index contributed by atoms with van der Waals surface area (Å²) in [5, 5.41) is 2.81. The Morgan fingerprint density at radius 2 is 1.90 bits per heavy atom. The largest absolute Gasteiger partial charge is 0.366 e. The van der Waals surface area contributed by atoms with Crippen LogP contribution in [0, 0.1) is 5.82 Å². The van der Waals surface area contributed by atoms with E-state index in [0.29, 0.717) is 11.3 Å². The summed E-state index contributed by atoms with van der Waals surface area (Å²) in [7, 11) is 0. The molecule has 0 aliphatic carbocycles. The zero-order valence-corrected chi connectivity index (χ0v) is 16.9. The Morgan fingerprint density at radius 3 is 2.61 bits per heavy atom. The summed E-state index contributed by atoms with van der Waals surface area (Å²) in [5.41, 5.74) is 9.07. The minimum Gasteiger partial charge on any atom is -0.366 e. The van der Waals surface area contributed by atoms with Crippen LogP contribution in [0.4, 0.5) is 10.1 Å². The van der Waals surface area contributed by atoms with Gasteiger partial charge in [-0.05, 0) is 67.4 Å². The van der Waals surface area contributed by atoms with Crippen molar-refractivity contribution < 1.29 is 14.0 Å². The summed E-state index contributed by atoms with van der Waals surface area (Å²) in [6.07, 6.45) is 3.69. The van der Waals surface area contributed by atoms with Crippen molar-refractivity contribution in [2.45, 2.75) is 18.9 Å². The van der Waals surface area contributed by atoms with Gasteiger partial charge in [-0.2, -0.15) is 0 Å². The molecule has 1 aromatic heterocycles. The van der Waals surface area contributed by atoms with Crippen LogP contribution < -0.4 is 11.1 Å². The van der Waals surface area contributed by atoms with Gasteiger partial charge in [0.2, 0.25) is 11.8 Å². The van der Waals surface area contributed by atoms with Crippen LogP contribution in [-0.2, 0) is 4.79 Å². The maximum absolute atomic E-state index is 13.0. The van der Waals surface area contributed by atoms with Crippen molar-refractivity contribution in [2.24, 2.45) is 5.73 Å². The third-order valence-corrected chi connectivity index (χ3v) is 5.45. The Balaban J connectivity index is 1.43. The quantitative estimate of drug-likeness (QED) is 0.638. The number of benzene rings is 2. The second-order valence-corrected chi connectivity index (χ2v) is 7.60. The van der Waals surface area contributed by atoms with E-state index in [1.54, 1.807) is 36.5 Å². The van der Waals surface area contributed by atoms with Gasteiger partial charge in [0.1, 0.15) is 5.82 Å². The van der Waals surface area contributed by atoms with Gasteiger partial charge >= 0.3 is 0 Å². The SMILES string of the molecule is NC(=O)c1cccc(-c2ccc([C@H]3CCCN3CC(=O)Nc3ccc(F)cc3)nc2)c1. The normalized spacial score (nSPS) is 16.2. The molecule has 1 atom stereocenters. The van der Waals surface area contributed by atoms with Crippen molar-refractivity contribution in [2.75, 3.05) is 18.4 Å². The number of nitrogens with zero attached hydrogens (tertiary/aromatic N) is 2. The number of aromatic nitrogens is 1. The number of carbonyl (C=O) groups excluding carboxylic acids is 2. The molecular formula is C24H23FN4O2. The van der Waals surface area contributed by atoms with Gasteiger partial charge in [0.25, 0.3) is 0 Å². The number of amides is 2. The predicted octanol–water partition coefficient (Wildman–Crippen LogP) is 3.76. The van der Waals surface area contributed by atoms with Crippen LogP contribution in [0.25, 0.3) is 11.1 Å². The molecule has 1 saturated heterocycles. The fraction of sp³-hybridized carbons (Fsp3) is 0.208. The van der Waals surface area contributed by atoms with E-state index in [9.17, 15) is 14.0 Å². The van der Waals surface area contributed by atoms with E-state index in [2.05, 4.69) is 15.2 Å². The van der Waals surface area contributed by atoms with Crippen molar-refractivity contribution in [1.29, 1.82) is 0 Å². The van der Waals surface area contributed by atoms with Crippen molar-refractivity contribution in [3.8, 4) is 11.1 Å². The zero-order valence-electron chi connectivity index (χ0n) is 16.9. The van der Waals surface area contributed by atoms with Gasteiger partial charge in [-0.25, -0.2) is 4.39 Å². The third kappa shape index (κ3) is 4.95. The lowest BCUT2D eigenvalue weighted by atomic mass is 10.0. The standard InChI is InChI=1S/C24H23FN4O2/c25-19-7-9-20(10-8-19)28-23(30)15-29-12-2-5-22(29)21-11-6-18(14-27-21)16-3-1-4-17(13-16)24(26)31/h1,3-4,6-11,13-14,22H,2,5,12,15H2,(H2,26,31)(H,28,30)/t22-/m1/s1. The fourth-order valence-corrected chi connectivity index (χ4v) is 3.89. The molecule has 7 heteroatoms. The van der Waals surface area contributed by atoms with E-state index in [1.807, 2.05) is 18.2 Å². The van der Waals surface area contributed by atoms with Crippen LogP contribution in [0.1, 0.15) is 34.9 Å². The van der Waals surface area contributed by atoms with Gasteiger partial charge in [-0.1, -0.05) is 18.2 Å². The van der Waals surface area contributed by atoms with Crippen molar-refractivity contribution in [3.63, 3.8) is 0 Å². The zero-order chi connectivity index (χ0) is 21.8. The molecule has 2 aromatic carbocycles. The number of nitrogens with one attached hydrogen (secondary N) is 1. The van der Waals surface area contributed by atoms with E-state index in [0.717, 1.165) is 36.2 Å². The Bertz CT molecular complexity index is 1080. The second kappa shape index (κ2) is 9.06. The van der Waals surface area contributed by atoms with Gasteiger partial charge in [0, 0.05) is 23.0 Å². The molecule has 3 aromatic rings. The van der Waals surface area contributed by atoms with Crippen LogP contribution >= 0.6 is 0 Å². The summed E-state index contributed by atoms with van der Waals surface area (Å²) in [6.45, 7) is 1.05. The molecule has 2 heterocycles. The molecule has 158 valence electrons. The first kappa shape index (κ1) is 20.7. The van der Waals surface area contributed by atoms with Crippen LogP contribution in [0.3, 0.4) is 0 Å². The number of halogens is 1. The van der Waals surface area contributed by atoms with Gasteiger partial charge in [0.15, 0.2) is 0 Å². The second-order valence-electron chi connectivity index (χ2n) is 7.60. The number of hydrogen-bond donors (Lipinski definition) is 2. The molecule has 3 N–H and O–H groups in total. The topological polar surface area (TPSA) is 88.3 Å². The number of rotatable bonds is 6. The molecule has 1 aliphatic heterocycles. The Kier molecular flexibility index (Phi) is 6.04. The van der Waals surface area contributed by atoms with E-state index in [4.69, 9.17) is 5.73 Å². The summed E-state index contributed by atoms with van der Waals surface area (Å²) in [4.78, 5) is 30.6. The molecule has 6 nitrogen and oxygen atoms in total. The summed E-state index contributed by atoms with van der Waals surface area (Å²) >= 11 is 0. The highest BCUT2D eigenvalue weighted by Gasteiger charge is 2.28. The number of hydrogen-bond acceptors (Lipinski definition) is 4. The molecule has 1 fully saturated rings. The Hall–Kier alpha value is -3.58. The highest BCUT2D eigenvalue weighted by atomic mass is 19.1. The summed E-state index contributed by atoms with van der Waals surface area (Å²) < 4.78 is 13.0. The van der Waals surface area contributed by atoms with Gasteiger partial charge in [0.05, 0.1) is 18.3 Å². The highest BCUT2D eigenvalue weighted by Crippen LogP contribution is 2.31. The van der Waals surface area contributed by atoms with Gasteiger partial charge in [-0.3, -0.25) is 19.5 Å². The van der Waals surface area contributed by atoms with Crippen molar-refractivity contribution in [3.05, 3.63) is 83.9 Å². The highest BCUT2D eigenvalue weighted by molar-refractivity contribution is 5.94. The number of pyridine rings is 1. The first-order chi connectivity index (χ1) is 15.0. The molecule has 0 bridgehead atoms. The lowest BCUT2D eigenvalue weighted by Crippen LogP contribution is -2.33. The molecule has 1 aliphatic rings. The first-order valence-corrected chi connectivity index (χ1v) is 10.2. The lowest BCUT2D eigenvalue weighted by Gasteiger charge is -2.23. The molecular weight excluding hydrogens is 395 g/mol. The smallest absolute Gasteiger partial charge is 0.248 e. The van der Waals surface area contributed by atoms with E-state index in [1.165, 1.54) is 12.1 Å². The predicted molar refractivity (Wildman–Crippen MR) is 117 cm³/mol. The van der Waals surface area contributed by atoms with Crippen LogP contribution in [-0.4, -0.2) is 34.8 Å². The van der Waals surface area contributed by atoms with Gasteiger partial charge in [-0.15, -0.1) is 0 Å². The van der Waals surface area contributed by atoms with Crippen LogP contribution in [0.5, 0.6) is 0 Å². The lowest BCUT2D eigenvalue weighted by molar-refractivity contribution is -0.117. The van der Waals surface area contributed by atoms with Crippen LogP contribution in [0.2, 0.25) is 0 Å². The number of likely N-dealkylation sites (tertiary alicyclic amines) is 1. The number of anilines is 1. The Morgan fingerprint density at radius 1 is 1.10 bits per heavy atom. The van der Waals surface area contributed by atoms with Crippen LogP contribution in [0.15, 0.2) is 66.9 Å². The minimum absolute atomic E-state index is 0.0602. The van der Waals surface area contributed by atoms with E-state index < -0.39 is 5.91 Å². The summed E-state index contributed by atoms with van der Waals surface area (Å²) in [6, 6.07) is 16.9. The maximum Gasteiger partial charge on any atom is 0.248 e. The number of nitrogens with two attached hydrogens (primary N) is 1. The Labute approximate surface area is 179 Å². The molecule has 0 unspecified atom stereocenters. The van der Waals surface area contributed by atoms with E-state index in [-0.39, 0.29) is 24.3 Å². The average Bonchev–Trinajstić information content (AvgIpc) is 3.23. The van der Waals surface area contributed by atoms with E-state index >= 15 is 0 Å². The number of carbonyl (C=O) groups is 2. The molecule has 4 rings (SSSR count).